The minimum Gasteiger partial charge on any atom is -0.378 e. The number of nitrogens with two attached hydrogens (primary N) is 1. The minimum absolute atomic E-state index is 0.0138. The number of aromatic nitrogens is 3. The van der Waals surface area contributed by atoms with Gasteiger partial charge in [0.2, 0.25) is 11.9 Å². The molecule has 1 aliphatic carbocycles. The van der Waals surface area contributed by atoms with Gasteiger partial charge in [-0.3, -0.25) is 14.4 Å². The van der Waals surface area contributed by atoms with Crippen molar-refractivity contribution < 1.29 is 19.1 Å². The lowest BCUT2D eigenvalue weighted by atomic mass is 9.94. The second kappa shape index (κ2) is 12.6. The first kappa shape index (κ1) is 28.3. The largest absolute Gasteiger partial charge is 0.378 e. The van der Waals surface area contributed by atoms with E-state index in [9.17, 15) is 14.4 Å². The topological polar surface area (TPSA) is 159 Å². The smallest absolute Gasteiger partial charge is 0.273 e. The molecule has 3 saturated heterocycles. The van der Waals surface area contributed by atoms with E-state index in [1.54, 1.807) is 29.2 Å². The maximum Gasteiger partial charge on any atom is 0.273 e. The lowest BCUT2D eigenvalue weighted by Gasteiger charge is -2.35. The summed E-state index contributed by atoms with van der Waals surface area (Å²) in [6, 6.07) is 7.70. The predicted octanol–water partition coefficient (Wildman–Crippen LogP) is 1.15. The van der Waals surface area contributed by atoms with Gasteiger partial charge < -0.3 is 35.8 Å². The third-order valence-electron chi connectivity index (χ3n) is 8.62. The number of ether oxygens (including phenoxy) is 1. The highest BCUT2D eigenvalue weighted by molar-refractivity contribution is 5.97. The Bertz CT molecular complexity index is 1290. The van der Waals surface area contributed by atoms with Crippen LogP contribution in [0.25, 0.3) is 0 Å². The van der Waals surface area contributed by atoms with Crippen molar-refractivity contribution in [1.29, 1.82) is 0 Å². The number of nitrogens with zero attached hydrogens (tertiary/aromatic N) is 6. The van der Waals surface area contributed by atoms with Crippen molar-refractivity contribution >= 4 is 35.2 Å². The number of carbonyl (C=O) groups is 3. The van der Waals surface area contributed by atoms with Crippen molar-refractivity contribution in [3.05, 3.63) is 35.5 Å². The number of piperidine rings is 2. The van der Waals surface area contributed by atoms with Crippen LogP contribution in [-0.4, -0.2) is 107 Å². The summed E-state index contributed by atoms with van der Waals surface area (Å²) in [7, 11) is 0. The Morgan fingerprint density at radius 3 is 2.33 bits per heavy atom. The molecule has 3 amide bonds. The van der Waals surface area contributed by atoms with Crippen molar-refractivity contribution in [2.75, 3.05) is 62.7 Å². The quantitative estimate of drug-likeness (QED) is 0.415. The Labute approximate surface area is 245 Å². The summed E-state index contributed by atoms with van der Waals surface area (Å²) in [5.74, 6) is -0.0525. The van der Waals surface area contributed by atoms with E-state index < -0.39 is 5.91 Å². The molecule has 0 spiro atoms. The normalized spacial score (nSPS) is 22.0. The van der Waals surface area contributed by atoms with Gasteiger partial charge in [0.1, 0.15) is 0 Å². The van der Waals surface area contributed by atoms with Gasteiger partial charge in [-0.15, -0.1) is 10.2 Å². The lowest BCUT2D eigenvalue weighted by Crippen LogP contribution is -2.51. The summed E-state index contributed by atoms with van der Waals surface area (Å²) in [6.07, 6.45) is 6.18. The Hall–Kier alpha value is -3.84. The van der Waals surface area contributed by atoms with E-state index in [1.165, 1.54) is 12.8 Å². The van der Waals surface area contributed by atoms with Gasteiger partial charge in [0, 0.05) is 55.4 Å². The van der Waals surface area contributed by atoms with Crippen molar-refractivity contribution in [2.24, 2.45) is 11.7 Å². The van der Waals surface area contributed by atoms with Crippen LogP contribution in [0.4, 0.5) is 17.5 Å². The highest BCUT2D eigenvalue weighted by Gasteiger charge is 2.34. The number of carbonyl (C=O) groups excluding carboxylic acids is 3. The summed E-state index contributed by atoms with van der Waals surface area (Å²) in [5.41, 5.74) is 6.68. The average molecular weight is 578 g/mol. The fourth-order valence-corrected chi connectivity index (χ4v) is 6.05. The molecule has 13 nitrogen and oxygen atoms in total. The standard InChI is InChI=1S/C29H39N9O4/c30-25(39)24-26(31-21-5-3-20(4-6-21)28(41)37-14-16-42-17-15-37)33-29(35-34-24)38-11-1-2-22(18-38)32-27(40)19-9-12-36(13-10-19)23-7-8-23/h3-6,19,22-23H,1-2,7-18H2,(H2,30,39)(H,32,40)(H,31,33,35)/t22-/m1/s1. The zero-order chi connectivity index (χ0) is 29.1. The highest BCUT2D eigenvalue weighted by Crippen LogP contribution is 2.31. The molecular weight excluding hydrogens is 538 g/mol. The van der Waals surface area contributed by atoms with Crippen LogP contribution in [0.5, 0.6) is 0 Å². The van der Waals surface area contributed by atoms with E-state index in [0.29, 0.717) is 56.6 Å². The highest BCUT2D eigenvalue weighted by atomic mass is 16.5. The van der Waals surface area contributed by atoms with Gasteiger partial charge in [0.25, 0.3) is 11.8 Å². The molecule has 42 heavy (non-hydrogen) atoms. The predicted molar refractivity (Wildman–Crippen MR) is 155 cm³/mol. The van der Waals surface area contributed by atoms with E-state index in [0.717, 1.165) is 44.8 Å². The van der Waals surface area contributed by atoms with Crippen LogP contribution in [0.15, 0.2) is 24.3 Å². The molecule has 4 heterocycles. The second-order valence-corrected chi connectivity index (χ2v) is 11.6. The first-order valence-corrected chi connectivity index (χ1v) is 15.0. The number of likely N-dealkylation sites (tertiary alicyclic amines) is 1. The third kappa shape index (κ3) is 6.62. The van der Waals surface area contributed by atoms with E-state index in [-0.39, 0.29) is 35.3 Å². The molecule has 0 bridgehead atoms. The van der Waals surface area contributed by atoms with Crippen molar-refractivity contribution in [3.8, 4) is 0 Å². The van der Waals surface area contributed by atoms with Crippen LogP contribution in [0.2, 0.25) is 0 Å². The molecule has 13 heteroatoms. The molecule has 1 saturated carbocycles. The molecule has 0 unspecified atom stereocenters. The molecule has 224 valence electrons. The van der Waals surface area contributed by atoms with Crippen molar-refractivity contribution in [3.63, 3.8) is 0 Å². The van der Waals surface area contributed by atoms with Crippen LogP contribution < -0.4 is 21.3 Å². The SMILES string of the molecule is NC(=O)c1nnc(N2CCC[C@@H](NC(=O)C3CCN(C4CC4)CC3)C2)nc1Nc1ccc(C(=O)N2CCOCC2)cc1. The van der Waals surface area contributed by atoms with Gasteiger partial charge in [0.05, 0.1) is 13.2 Å². The summed E-state index contributed by atoms with van der Waals surface area (Å²) in [6.45, 7) is 5.49. The summed E-state index contributed by atoms with van der Waals surface area (Å²) in [5, 5.41) is 14.7. The van der Waals surface area contributed by atoms with Crippen LogP contribution >= 0.6 is 0 Å². The number of hydrogen-bond donors (Lipinski definition) is 3. The van der Waals surface area contributed by atoms with Gasteiger partial charge in [-0.05, 0) is 75.9 Å². The van der Waals surface area contributed by atoms with E-state index in [4.69, 9.17) is 10.5 Å². The fraction of sp³-hybridized carbons (Fsp3) is 0.586. The average Bonchev–Trinajstić information content (AvgIpc) is 3.87. The number of morpholine rings is 1. The van der Waals surface area contributed by atoms with E-state index >= 15 is 0 Å². The molecule has 0 radical (unpaired) electrons. The van der Waals surface area contributed by atoms with Gasteiger partial charge in [-0.25, -0.2) is 0 Å². The number of rotatable bonds is 8. The minimum atomic E-state index is -0.750. The van der Waals surface area contributed by atoms with Crippen LogP contribution in [0.1, 0.15) is 59.4 Å². The first-order valence-electron chi connectivity index (χ1n) is 15.0. The molecule has 2 aromatic rings. The summed E-state index contributed by atoms with van der Waals surface area (Å²) >= 11 is 0. The van der Waals surface area contributed by atoms with Crippen LogP contribution in [0.3, 0.4) is 0 Å². The number of anilines is 3. The van der Waals surface area contributed by atoms with Crippen LogP contribution in [0, 0.1) is 5.92 Å². The van der Waals surface area contributed by atoms with Crippen molar-refractivity contribution in [2.45, 2.75) is 50.6 Å². The molecule has 1 atom stereocenters. The van der Waals surface area contributed by atoms with E-state index in [1.807, 2.05) is 4.90 Å². The molecule has 4 N–H and O–H groups in total. The lowest BCUT2D eigenvalue weighted by molar-refractivity contribution is -0.127. The number of nitrogens with one attached hydrogen (secondary N) is 2. The van der Waals surface area contributed by atoms with Gasteiger partial charge in [-0.2, -0.15) is 4.98 Å². The molecular formula is C29H39N9O4. The monoisotopic (exact) mass is 577 g/mol. The number of amides is 3. The molecule has 4 aliphatic rings. The van der Waals surface area contributed by atoms with Gasteiger partial charge >= 0.3 is 0 Å². The third-order valence-corrected chi connectivity index (χ3v) is 8.62. The maximum atomic E-state index is 13.1. The van der Waals surface area contributed by atoms with Gasteiger partial charge in [-0.1, -0.05) is 0 Å². The zero-order valence-electron chi connectivity index (χ0n) is 23.8. The summed E-state index contributed by atoms with van der Waals surface area (Å²) in [4.78, 5) is 48.8. The molecule has 1 aromatic heterocycles. The Morgan fingerprint density at radius 2 is 1.64 bits per heavy atom. The Morgan fingerprint density at radius 1 is 0.905 bits per heavy atom. The summed E-state index contributed by atoms with van der Waals surface area (Å²) < 4.78 is 5.33. The molecule has 6 rings (SSSR count). The van der Waals surface area contributed by atoms with Gasteiger partial charge in [0.15, 0.2) is 11.5 Å². The molecule has 3 aliphatic heterocycles. The maximum absolute atomic E-state index is 13.1. The Balaban J connectivity index is 1.09. The number of primary amides is 1. The zero-order valence-corrected chi connectivity index (χ0v) is 23.8. The molecule has 1 aromatic carbocycles. The second-order valence-electron chi connectivity index (χ2n) is 11.6. The molecule has 4 fully saturated rings. The fourth-order valence-electron chi connectivity index (χ4n) is 6.05. The Kier molecular flexibility index (Phi) is 8.47. The van der Waals surface area contributed by atoms with Crippen molar-refractivity contribution in [1.82, 2.24) is 30.3 Å². The first-order chi connectivity index (χ1) is 20.4. The number of hydrogen-bond acceptors (Lipinski definition) is 10. The van der Waals surface area contributed by atoms with Crippen LogP contribution in [-0.2, 0) is 9.53 Å². The van der Waals surface area contributed by atoms with E-state index in [2.05, 4.69) is 30.7 Å². The number of benzene rings is 1.